The smallest absolute Gasteiger partial charge is 0.264 e. The molecule has 0 bridgehead atoms. The second-order valence-electron chi connectivity index (χ2n) is 36.9. The molecule has 0 aliphatic heterocycles. The summed E-state index contributed by atoms with van der Waals surface area (Å²) in [5.74, 6) is 4.44. The Morgan fingerprint density at radius 1 is 0.230 bits per heavy atom. The van der Waals surface area contributed by atoms with Crippen LogP contribution in [0.5, 0.6) is 46.0 Å². The lowest BCUT2D eigenvalue weighted by Crippen LogP contribution is -2.15. The maximum absolute atomic E-state index is 16.8. The summed E-state index contributed by atoms with van der Waals surface area (Å²) in [7, 11) is 0. The Morgan fingerprint density at radius 2 is 0.468 bits per heavy atom. The van der Waals surface area contributed by atoms with Crippen LogP contribution in [0.1, 0.15) is 307 Å². The number of unbranched alkanes of at least 4 members (excludes halogenated alkanes) is 36. The predicted octanol–water partition coefficient (Wildman–Crippen LogP) is 34.6. The highest BCUT2D eigenvalue weighted by Crippen LogP contribution is 2.58. The number of benzene rings is 13. The van der Waals surface area contributed by atoms with Crippen LogP contribution in [0.2, 0.25) is 0 Å². The van der Waals surface area contributed by atoms with Crippen LogP contribution in [-0.2, 0) is 25.7 Å². The van der Waals surface area contributed by atoms with Crippen LogP contribution in [0, 0.1) is 0 Å². The summed E-state index contributed by atoms with van der Waals surface area (Å²) in [6, 6.07) is 67.7. The number of ether oxygens (including phenoxy) is 4. The standard InChI is InChI=1S/C116H132N4O6/c1-5-9-13-17-21-25-29-33-37-41-49-81-57-67-87(68-58-81)123-99-77-93-103-95(115(121)119-111-91-55-47-45-53-85(91)65-75-97(111)117-113(93)119)80-102(126-90-73-63-84(64-74-90)52-44-40-36-32-28-24-20-16-12-8-4)108-106-100(124-88-69-59-82(60-70-88)50-42-38-34-30-26-22-18-14-10-6-2)78-94-104-96(116(122)120-112-92-56-48-46-54-86(92)66-76-98(112)118-114(94)120)79-101(107(110(104)106)105(99)109(103)108)125-89-71-61-83(62-72-89)51-43-39-35-31-27-23-19-15-11-7-3/h45-48,53-80H,5-44,49-52H2,1-4H3. The van der Waals surface area contributed by atoms with Crippen molar-refractivity contribution in [3.63, 3.8) is 0 Å². The fourth-order valence-electron chi connectivity index (χ4n) is 20.5. The van der Waals surface area contributed by atoms with E-state index in [4.69, 9.17) is 28.9 Å². The highest BCUT2D eigenvalue weighted by atomic mass is 16.5. The summed E-state index contributed by atoms with van der Waals surface area (Å²) in [6.07, 6.45) is 55.0. The molecule has 0 fully saturated rings. The molecule has 13 aromatic carbocycles. The van der Waals surface area contributed by atoms with Gasteiger partial charge in [0.25, 0.3) is 11.1 Å². The van der Waals surface area contributed by atoms with Crippen molar-refractivity contribution in [3.8, 4) is 46.0 Å². The van der Waals surface area contributed by atoms with Gasteiger partial charge in [0.05, 0.1) is 32.8 Å². The van der Waals surface area contributed by atoms with Gasteiger partial charge in [0, 0.05) is 64.6 Å². The summed E-state index contributed by atoms with van der Waals surface area (Å²) in [5, 5.41) is 11.8. The summed E-state index contributed by atoms with van der Waals surface area (Å²) < 4.78 is 34.7. The largest absolute Gasteiger partial charge is 0.457 e. The van der Waals surface area contributed by atoms with Crippen LogP contribution in [0.15, 0.2) is 204 Å². The average molecular weight is 1680 g/mol. The molecule has 0 saturated carbocycles. The van der Waals surface area contributed by atoms with Crippen molar-refractivity contribution in [2.45, 2.75) is 310 Å². The van der Waals surface area contributed by atoms with Gasteiger partial charge in [0.2, 0.25) is 0 Å². The van der Waals surface area contributed by atoms with Gasteiger partial charge >= 0.3 is 0 Å². The van der Waals surface area contributed by atoms with Gasteiger partial charge in [0.15, 0.2) is 0 Å². The molecular formula is C116H132N4O6. The number of fused-ring (bicyclic) bond motifs is 14. The Labute approximate surface area is 745 Å². The average Bonchev–Trinajstić information content (AvgIpc) is 1.11. The van der Waals surface area contributed by atoms with Crippen LogP contribution in [0.4, 0.5) is 0 Å². The summed E-state index contributed by atoms with van der Waals surface area (Å²) >= 11 is 0. The van der Waals surface area contributed by atoms with Crippen molar-refractivity contribution in [3.05, 3.63) is 237 Å². The minimum atomic E-state index is -0.228. The molecule has 10 heteroatoms. The molecule has 0 aliphatic rings. The lowest BCUT2D eigenvalue weighted by atomic mass is 9.84. The van der Waals surface area contributed by atoms with Crippen LogP contribution in [0.25, 0.3) is 120 Å². The van der Waals surface area contributed by atoms with E-state index in [1.165, 1.54) is 253 Å². The Hall–Kier alpha value is -10.8. The zero-order valence-corrected chi connectivity index (χ0v) is 75.8. The molecule has 0 spiro atoms. The van der Waals surface area contributed by atoms with Crippen molar-refractivity contribution in [1.29, 1.82) is 0 Å². The number of hydrogen-bond acceptors (Lipinski definition) is 8. The van der Waals surface area contributed by atoms with Gasteiger partial charge in [-0.3, -0.25) is 18.4 Å². The van der Waals surface area contributed by atoms with Crippen molar-refractivity contribution >= 4 is 120 Å². The van der Waals surface area contributed by atoms with Gasteiger partial charge in [-0.25, -0.2) is 9.97 Å². The molecule has 17 rings (SSSR count). The van der Waals surface area contributed by atoms with Crippen molar-refractivity contribution in [1.82, 2.24) is 18.8 Å². The zero-order valence-electron chi connectivity index (χ0n) is 75.8. The maximum atomic E-state index is 16.8. The number of imidazole rings is 2. The predicted molar refractivity (Wildman–Crippen MR) is 533 cm³/mol. The van der Waals surface area contributed by atoms with Crippen molar-refractivity contribution < 1.29 is 18.9 Å². The third-order valence-corrected chi connectivity index (χ3v) is 27.5. The molecule has 0 atom stereocenters. The van der Waals surface area contributed by atoms with E-state index >= 15 is 9.59 Å². The lowest BCUT2D eigenvalue weighted by Gasteiger charge is -2.25. The monoisotopic (exact) mass is 1680 g/mol. The first kappa shape index (κ1) is 87.2. The Morgan fingerprint density at radius 3 is 0.730 bits per heavy atom. The summed E-state index contributed by atoms with van der Waals surface area (Å²) in [5.41, 5.74) is 8.45. The van der Waals surface area contributed by atoms with E-state index < -0.39 is 0 Å². The molecule has 0 saturated heterocycles. The van der Waals surface area contributed by atoms with Crippen LogP contribution >= 0.6 is 0 Å². The first-order valence-corrected chi connectivity index (χ1v) is 49.6. The van der Waals surface area contributed by atoms with Gasteiger partial charge in [-0.05, 0) is 169 Å². The highest BCUT2D eigenvalue weighted by molar-refractivity contribution is 6.45. The van der Waals surface area contributed by atoms with Gasteiger partial charge in [0.1, 0.15) is 57.3 Å². The SMILES string of the molecule is CCCCCCCCCCCCc1ccc(Oc2cc3c(=O)n4c(nc5ccc6ccccc6c54)c4cc(Oc5ccc(CCCCCCCCCCCC)cc5)c5c6c(Oc7ccc(CCCCCCCCCCCC)cc7)cc7c(=O)n8c(nc9ccc%10ccccc%10c98)c8cc(Oc9ccc(CCCCCCCCCCCC)cc9)c(c2c5c34)c6c78)cc1. The summed E-state index contributed by atoms with van der Waals surface area (Å²) in [6.45, 7) is 9.15. The number of nitrogens with zero attached hydrogens (tertiary/aromatic N) is 4. The fraction of sp³-hybridized carbons (Fsp3) is 0.414. The van der Waals surface area contributed by atoms with E-state index in [-0.39, 0.29) is 11.1 Å². The van der Waals surface area contributed by atoms with E-state index in [2.05, 4.69) is 173 Å². The van der Waals surface area contributed by atoms with Crippen molar-refractivity contribution in [2.75, 3.05) is 0 Å². The number of aromatic nitrogens is 4. The van der Waals surface area contributed by atoms with E-state index in [1.54, 1.807) is 0 Å². The van der Waals surface area contributed by atoms with Crippen LogP contribution in [-0.4, -0.2) is 18.8 Å². The van der Waals surface area contributed by atoms with E-state index in [0.717, 1.165) is 94.7 Å². The molecular weight excluding hydrogens is 1550 g/mol. The maximum Gasteiger partial charge on any atom is 0.264 e. The van der Waals surface area contributed by atoms with Gasteiger partial charge in [-0.15, -0.1) is 0 Å². The second-order valence-corrected chi connectivity index (χ2v) is 36.9. The molecule has 126 heavy (non-hydrogen) atoms. The fourth-order valence-corrected chi connectivity index (χ4v) is 20.5. The number of rotatable bonds is 52. The zero-order chi connectivity index (χ0) is 85.9. The Kier molecular flexibility index (Phi) is 29.5. The molecule has 0 radical (unpaired) electrons. The molecule has 0 N–H and O–H groups in total. The first-order chi connectivity index (χ1) is 62.2. The molecule has 4 heterocycles. The van der Waals surface area contributed by atoms with E-state index in [9.17, 15) is 0 Å². The number of aryl methyl sites for hydroxylation is 4. The second kappa shape index (κ2) is 42.6. The molecule has 0 aliphatic carbocycles. The Bertz CT molecular complexity index is 6170. The Balaban J connectivity index is 0.880. The van der Waals surface area contributed by atoms with E-state index in [1.807, 2.05) is 57.3 Å². The van der Waals surface area contributed by atoms with Crippen LogP contribution in [0.3, 0.4) is 0 Å². The minimum Gasteiger partial charge on any atom is -0.457 e. The number of hydrogen-bond donors (Lipinski definition) is 0. The van der Waals surface area contributed by atoms with Crippen molar-refractivity contribution in [2.24, 2.45) is 0 Å². The quantitative estimate of drug-likeness (QED) is 0.0211. The van der Waals surface area contributed by atoms with Gasteiger partial charge in [-0.1, -0.05) is 368 Å². The topological polar surface area (TPSA) is 106 Å². The van der Waals surface area contributed by atoms with Crippen LogP contribution < -0.4 is 30.1 Å². The molecule has 4 aromatic heterocycles. The highest BCUT2D eigenvalue weighted by Gasteiger charge is 2.34. The normalized spacial score (nSPS) is 12.2. The first-order valence-electron chi connectivity index (χ1n) is 49.6. The summed E-state index contributed by atoms with van der Waals surface area (Å²) in [4.78, 5) is 44.8. The van der Waals surface area contributed by atoms with E-state index in [0.29, 0.717) is 122 Å². The molecule has 17 aromatic rings. The lowest BCUT2D eigenvalue weighted by molar-refractivity contribution is 0.483. The van der Waals surface area contributed by atoms with Gasteiger partial charge < -0.3 is 18.9 Å². The molecule has 652 valence electrons. The minimum absolute atomic E-state index is 0.228. The third kappa shape index (κ3) is 19.6. The molecule has 10 nitrogen and oxygen atoms in total. The number of pyridine rings is 2. The van der Waals surface area contributed by atoms with Gasteiger partial charge in [-0.2, -0.15) is 0 Å². The third-order valence-electron chi connectivity index (χ3n) is 27.5. The molecule has 0 amide bonds. The molecule has 0 unspecified atom stereocenters.